The smallest absolute Gasteiger partial charge is 0.226 e. The van der Waals surface area contributed by atoms with Crippen LogP contribution < -0.4 is 0 Å². The zero-order chi connectivity index (χ0) is 24.9. The van der Waals surface area contributed by atoms with Crippen LogP contribution in [0.4, 0.5) is 0 Å². The molecule has 0 saturated carbocycles. The molecule has 0 unspecified atom stereocenters. The first kappa shape index (κ1) is 22.1. The summed E-state index contributed by atoms with van der Waals surface area (Å²) in [4.78, 5) is 25.0. The summed E-state index contributed by atoms with van der Waals surface area (Å²) in [7, 11) is 0. The molecule has 0 fully saturated rings. The standard InChI is InChI=1S/C30H25N5O/c1-19-25-14-13-24-27(22-16-32-18-33-17-22)34-35(29(24)30(25,2)15-26(31-3)28(19)36)23-11-9-21(10-12-23)20-7-5-4-6-8-20/h4-12,15-19,25H,13-14H2,1-2H3/t19-,25-,30-/m1/s1. The number of fused-ring (bicyclic) bond motifs is 3. The lowest BCUT2D eigenvalue weighted by molar-refractivity contribution is -0.121. The highest BCUT2D eigenvalue weighted by molar-refractivity contribution is 6.00. The summed E-state index contributed by atoms with van der Waals surface area (Å²) in [5.74, 6) is -0.169. The van der Waals surface area contributed by atoms with Crippen LogP contribution in [0.5, 0.6) is 0 Å². The van der Waals surface area contributed by atoms with Crippen molar-refractivity contribution in [3.63, 3.8) is 0 Å². The van der Waals surface area contributed by atoms with Crippen LogP contribution in [0.25, 0.3) is 32.9 Å². The molecule has 36 heavy (non-hydrogen) atoms. The van der Waals surface area contributed by atoms with Gasteiger partial charge in [0.25, 0.3) is 0 Å². The number of benzene rings is 2. The van der Waals surface area contributed by atoms with Gasteiger partial charge in [-0.25, -0.2) is 19.5 Å². The second-order valence-electron chi connectivity index (χ2n) is 9.85. The van der Waals surface area contributed by atoms with E-state index >= 15 is 0 Å². The lowest BCUT2D eigenvalue weighted by Gasteiger charge is -2.45. The largest absolute Gasteiger partial charge is 0.308 e. The average molecular weight is 472 g/mol. The Kier molecular flexibility index (Phi) is 5.15. The number of hydrogen-bond acceptors (Lipinski definition) is 4. The van der Waals surface area contributed by atoms with E-state index in [2.05, 4.69) is 58.1 Å². The van der Waals surface area contributed by atoms with Gasteiger partial charge < -0.3 is 4.79 Å². The molecule has 2 heterocycles. The minimum Gasteiger partial charge on any atom is -0.308 e. The Balaban J connectivity index is 1.57. The van der Waals surface area contributed by atoms with Crippen LogP contribution in [-0.2, 0) is 16.6 Å². The molecule has 6 heteroatoms. The summed E-state index contributed by atoms with van der Waals surface area (Å²) in [5.41, 5.74) is 6.87. The topological polar surface area (TPSA) is 65.0 Å². The number of nitrogens with zero attached hydrogens (tertiary/aromatic N) is 5. The molecular weight excluding hydrogens is 446 g/mol. The summed E-state index contributed by atoms with van der Waals surface area (Å²) >= 11 is 0. The van der Waals surface area contributed by atoms with Gasteiger partial charge in [0.05, 0.1) is 23.6 Å². The Morgan fingerprint density at radius 1 is 1.00 bits per heavy atom. The summed E-state index contributed by atoms with van der Waals surface area (Å²) in [6, 6.07) is 18.7. The van der Waals surface area contributed by atoms with Crippen molar-refractivity contribution in [1.29, 1.82) is 0 Å². The molecular formula is C30H25N5O. The highest BCUT2D eigenvalue weighted by atomic mass is 16.1. The lowest BCUT2D eigenvalue weighted by atomic mass is 9.58. The van der Waals surface area contributed by atoms with Crippen molar-refractivity contribution >= 4 is 5.78 Å². The fourth-order valence-electron chi connectivity index (χ4n) is 6.08. The van der Waals surface area contributed by atoms with Crippen molar-refractivity contribution in [3.05, 3.63) is 108 Å². The molecule has 0 radical (unpaired) electrons. The van der Waals surface area contributed by atoms with Crippen LogP contribution in [-0.4, -0.2) is 25.5 Å². The maximum atomic E-state index is 12.9. The zero-order valence-electron chi connectivity index (χ0n) is 20.2. The van der Waals surface area contributed by atoms with Gasteiger partial charge in [0.2, 0.25) is 5.70 Å². The van der Waals surface area contributed by atoms with Crippen LogP contribution in [0.2, 0.25) is 0 Å². The van der Waals surface area contributed by atoms with E-state index in [1.165, 1.54) is 6.33 Å². The van der Waals surface area contributed by atoms with Gasteiger partial charge in [-0.05, 0) is 42.0 Å². The number of Topliss-reactive ketones (excluding diaryl/α,β-unsaturated/α-hetero) is 1. The van der Waals surface area contributed by atoms with Crippen LogP contribution in [0, 0.1) is 18.4 Å². The molecule has 2 aromatic carbocycles. The van der Waals surface area contributed by atoms with E-state index < -0.39 is 5.41 Å². The maximum absolute atomic E-state index is 12.9. The number of carbonyl (C=O) groups excluding carboxylic acids is 1. The molecule has 0 saturated heterocycles. The first-order valence-corrected chi connectivity index (χ1v) is 12.2. The summed E-state index contributed by atoms with van der Waals surface area (Å²) in [6.07, 6.45) is 8.66. The Hall–Kier alpha value is -4.37. The van der Waals surface area contributed by atoms with Crippen molar-refractivity contribution in [2.45, 2.75) is 32.1 Å². The van der Waals surface area contributed by atoms with Crippen molar-refractivity contribution in [3.8, 4) is 28.1 Å². The number of allylic oxidation sites excluding steroid dienone is 2. The molecule has 6 nitrogen and oxygen atoms in total. The monoisotopic (exact) mass is 471 g/mol. The van der Waals surface area contributed by atoms with E-state index in [0.717, 1.165) is 52.2 Å². The third-order valence-corrected chi connectivity index (χ3v) is 7.85. The van der Waals surface area contributed by atoms with E-state index in [-0.39, 0.29) is 23.3 Å². The molecule has 2 aliphatic rings. The van der Waals surface area contributed by atoms with Crippen LogP contribution in [0.1, 0.15) is 31.5 Å². The van der Waals surface area contributed by atoms with E-state index in [4.69, 9.17) is 11.7 Å². The molecule has 0 N–H and O–H groups in total. The van der Waals surface area contributed by atoms with Gasteiger partial charge in [-0.2, -0.15) is 5.10 Å². The fraction of sp³-hybridized carbons (Fsp3) is 0.233. The number of hydrogen-bond donors (Lipinski definition) is 0. The molecule has 0 aliphatic heterocycles. The predicted octanol–water partition coefficient (Wildman–Crippen LogP) is 5.84. The zero-order valence-corrected chi connectivity index (χ0v) is 20.2. The molecule has 4 aromatic rings. The van der Waals surface area contributed by atoms with Crippen molar-refractivity contribution in [2.24, 2.45) is 11.8 Å². The average Bonchev–Trinajstić information content (AvgIpc) is 3.33. The van der Waals surface area contributed by atoms with Crippen molar-refractivity contribution in [2.75, 3.05) is 0 Å². The molecule has 0 bridgehead atoms. The SMILES string of the molecule is [C-]#[N+]C1=C[C@@]2(C)c3c(c(-c4cncnc4)nn3-c3ccc(-c4ccccc4)cc3)CC[C@@H]2[C@@H](C)C1=O. The van der Waals surface area contributed by atoms with E-state index in [1.54, 1.807) is 12.4 Å². The van der Waals surface area contributed by atoms with Gasteiger partial charge in [-0.3, -0.25) is 0 Å². The summed E-state index contributed by atoms with van der Waals surface area (Å²) in [6.45, 7) is 11.8. The molecule has 176 valence electrons. The van der Waals surface area contributed by atoms with Gasteiger partial charge in [0.1, 0.15) is 6.33 Å². The predicted molar refractivity (Wildman–Crippen MR) is 138 cm³/mol. The Bertz CT molecular complexity index is 1530. The quantitative estimate of drug-likeness (QED) is 0.352. The molecule has 2 aliphatic carbocycles. The second-order valence-corrected chi connectivity index (χ2v) is 9.85. The number of carbonyl (C=O) groups is 1. The molecule has 0 amide bonds. The molecule has 6 rings (SSSR count). The van der Waals surface area contributed by atoms with Gasteiger partial charge in [0, 0.05) is 34.9 Å². The minimum atomic E-state index is -0.500. The van der Waals surface area contributed by atoms with Gasteiger partial charge >= 0.3 is 0 Å². The van der Waals surface area contributed by atoms with E-state index in [0.29, 0.717) is 0 Å². The summed E-state index contributed by atoms with van der Waals surface area (Å²) in [5, 5.41) is 5.11. The van der Waals surface area contributed by atoms with Crippen LogP contribution >= 0.6 is 0 Å². The minimum absolute atomic E-state index is 0.0501. The van der Waals surface area contributed by atoms with Crippen molar-refractivity contribution < 1.29 is 4.79 Å². The first-order valence-electron chi connectivity index (χ1n) is 12.2. The Morgan fingerprint density at radius 3 is 2.39 bits per heavy atom. The first-order chi connectivity index (χ1) is 17.5. The third kappa shape index (κ3) is 3.31. The van der Waals surface area contributed by atoms with E-state index in [9.17, 15) is 4.79 Å². The van der Waals surface area contributed by atoms with Crippen molar-refractivity contribution in [1.82, 2.24) is 19.7 Å². The highest BCUT2D eigenvalue weighted by Crippen LogP contribution is 2.52. The summed E-state index contributed by atoms with van der Waals surface area (Å²) < 4.78 is 2.01. The number of rotatable bonds is 3. The number of aromatic nitrogens is 4. The van der Waals surface area contributed by atoms with Gasteiger partial charge in [0.15, 0.2) is 5.78 Å². The number of ketones is 1. The van der Waals surface area contributed by atoms with Crippen LogP contribution in [0.3, 0.4) is 0 Å². The molecule has 2 aromatic heterocycles. The maximum Gasteiger partial charge on any atom is 0.226 e. The Labute approximate surface area is 210 Å². The van der Waals surface area contributed by atoms with Crippen LogP contribution in [0.15, 0.2) is 85.1 Å². The second kappa shape index (κ2) is 8.39. The van der Waals surface area contributed by atoms with Gasteiger partial charge in [-0.1, -0.05) is 62.4 Å². The fourth-order valence-corrected chi connectivity index (χ4v) is 6.08. The lowest BCUT2D eigenvalue weighted by Crippen LogP contribution is -2.46. The van der Waals surface area contributed by atoms with Gasteiger partial charge in [-0.15, -0.1) is 0 Å². The normalized spacial score (nSPS) is 22.8. The molecule has 0 spiro atoms. The Morgan fingerprint density at radius 2 is 1.69 bits per heavy atom. The third-order valence-electron chi connectivity index (χ3n) is 7.85. The van der Waals surface area contributed by atoms with E-state index in [1.807, 2.05) is 35.9 Å². The highest BCUT2D eigenvalue weighted by Gasteiger charge is 2.50. The molecule has 3 atom stereocenters.